The van der Waals surface area contributed by atoms with Gasteiger partial charge in [-0.3, -0.25) is 4.79 Å². The van der Waals surface area contributed by atoms with E-state index in [1.54, 1.807) is 12.1 Å². The number of halogens is 1. The number of amides is 1. The summed E-state index contributed by atoms with van der Waals surface area (Å²) in [5.74, 6) is 0.592. The molecule has 1 N–H and O–H groups in total. The highest BCUT2D eigenvalue weighted by atomic mass is 35.5. The lowest BCUT2D eigenvalue weighted by atomic mass is 10.1. The van der Waals surface area contributed by atoms with Crippen molar-refractivity contribution in [2.75, 3.05) is 11.9 Å². The minimum Gasteiger partial charge on any atom is -0.488 e. The molecule has 0 aliphatic rings. The van der Waals surface area contributed by atoms with E-state index in [0.717, 1.165) is 16.3 Å². The molecule has 0 heterocycles. The van der Waals surface area contributed by atoms with E-state index in [-0.39, 0.29) is 5.91 Å². The van der Waals surface area contributed by atoms with Crippen LogP contribution >= 0.6 is 11.6 Å². The quantitative estimate of drug-likeness (QED) is 0.353. The first-order valence-electron chi connectivity index (χ1n) is 10.1. The molecule has 4 nitrogen and oxygen atoms in total. The number of nitrogens with one attached hydrogen (secondary N) is 1. The fourth-order valence-electron chi connectivity index (χ4n) is 3.30. The molecule has 0 unspecified atom stereocenters. The Morgan fingerprint density at radius 1 is 0.871 bits per heavy atom. The highest BCUT2D eigenvalue weighted by molar-refractivity contribution is 6.32. The molecule has 0 saturated heterocycles. The van der Waals surface area contributed by atoms with Crippen LogP contribution in [0.3, 0.4) is 0 Å². The second-order valence-corrected chi connectivity index (χ2v) is 7.42. The van der Waals surface area contributed by atoms with E-state index in [2.05, 4.69) is 5.32 Å². The van der Waals surface area contributed by atoms with E-state index in [1.165, 1.54) is 0 Å². The average molecular weight is 432 g/mol. The van der Waals surface area contributed by atoms with E-state index in [9.17, 15) is 4.79 Å². The summed E-state index contributed by atoms with van der Waals surface area (Å²) >= 11 is 6.44. The van der Waals surface area contributed by atoms with Crippen molar-refractivity contribution in [3.63, 3.8) is 0 Å². The van der Waals surface area contributed by atoms with Crippen molar-refractivity contribution < 1.29 is 14.3 Å². The molecule has 0 atom stereocenters. The zero-order chi connectivity index (χ0) is 21.6. The first-order chi connectivity index (χ1) is 15.1. The van der Waals surface area contributed by atoms with Crippen LogP contribution in [0.1, 0.15) is 22.8 Å². The molecule has 0 aromatic heterocycles. The number of fused-ring (bicyclic) bond motifs is 1. The molecule has 0 fully saturated rings. The van der Waals surface area contributed by atoms with E-state index < -0.39 is 0 Å². The molecule has 1 amide bonds. The molecule has 4 rings (SSSR count). The van der Waals surface area contributed by atoms with Crippen LogP contribution in [0.2, 0.25) is 5.02 Å². The molecule has 0 aliphatic carbocycles. The van der Waals surface area contributed by atoms with Crippen LogP contribution in [0, 0.1) is 0 Å². The van der Waals surface area contributed by atoms with Gasteiger partial charge in [0.15, 0.2) is 11.5 Å². The third-order valence-corrected chi connectivity index (χ3v) is 5.09. The van der Waals surface area contributed by atoms with E-state index in [0.29, 0.717) is 41.0 Å². The van der Waals surface area contributed by atoms with E-state index in [1.807, 2.05) is 79.7 Å². The third kappa shape index (κ3) is 4.98. The second kappa shape index (κ2) is 9.54. The summed E-state index contributed by atoms with van der Waals surface area (Å²) in [6.07, 6.45) is 0. The van der Waals surface area contributed by atoms with Gasteiger partial charge in [-0.05, 0) is 47.5 Å². The molecule has 5 heteroatoms. The predicted molar refractivity (Wildman–Crippen MR) is 125 cm³/mol. The molecule has 31 heavy (non-hydrogen) atoms. The molecular formula is C26H22ClNO3. The first kappa shape index (κ1) is 20.8. The zero-order valence-electron chi connectivity index (χ0n) is 17.1. The van der Waals surface area contributed by atoms with Crippen molar-refractivity contribution in [1.82, 2.24) is 0 Å². The minimum atomic E-state index is -0.273. The average Bonchev–Trinajstić information content (AvgIpc) is 2.80. The van der Waals surface area contributed by atoms with Crippen LogP contribution in [0.25, 0.3) is 10.8 Å². The fourth-order valence-corrected chi connectivity index (χ4v) is 3.56. The van der Waals surface area contributed by atoms with Crippen molar-refractivity contribution in [3.8, 4) is 11.5 Å². The van der Waals surface area contributed by atoms with Crippen LogP contribution in [-0.2, 0) is 6.61 Å². The summed E-state index contributed by atoms with van der Waals surface area (Å²) in [4.78, 5) is 12.9. The van der Waals surface area contributed by atoms with Gasteiger partial charge in [-0.2, -0.15) is 0 Å². The normalized spacial score (nSPS) is 10.6. The summed E-state index contributed by atoms with van der Waals surface area (Å²) in [5, 5.41) is 5.43. The van der Waals surface area contributed by atoms with E-state index in [4.69, 9.17) is 21.1 Å². The lowest BCUT2D eigenvalue weighted by Crippen LogP contribution is -2.12. The van der Waals surface area contributed by atoms with Gasteiger partial charge in [-0.1, -0.05) is 72.3 Å². The van der Waals surface area contributed by atoms with Crippen molar-refractivity contribution in [2.45, 2.75) is 13.5 Å². The highest BCUT2D eigenvalue weighted by Gasteiger charge is 2.17. The van der Waals surface area contributed by atoms with Crippen LogP contribution in [0.15, 0.2) is 84.9 Å². The predicted octanol–water partition coefficient (Wildman–Crippen LogP) is 6.72. The van der Waals surface area contributed by atoms with Gasteiger partial charge in [0.05, 0.1) is 11.6 Å². The molecule has 0 radical (unpaired) electrons. The third-order valence-electron chi connectivity index (χ3n) is 4.80. The maximum absolute atomic E-state index is 12.9. The Bertz CT molecular complexity index is 1210. The standard InChI is InChI=1S/C26H22ClNO3/c1-2-30-25-23(27)15-21(16-24(25)31-17-18-8-4-3-5-9-18)26(29)28-22-13-12-19-10-6-7-11-20(19)14-22/h3-16H,2,17H2,1H3,(H,28,29). The van der Waals surface area contributed by atoms with E-state index >= 15 is 0 Å². The molecule has 0 spiro atoms. The number of anilines is 1. The van der Waals surface area contributed by atoms with Crippen molar-refractivity contribution in [1.29, 1.82) is 0 Å². The van der Waals surface area contributed by atoms with Gasteiger partial charge in [0.25, 0.3) is 5.91 Å². The summed E-state index contributed by atoms with van der Waals surface area (Å²) in [5.41, 5.74) is 2.11. The van der Waals surface area contributed by atoms with Gasteiger partial charge in [0.1, 0.15) is 6.61 Å². The minimum absolute atomic E-state index is 0.273. The summed E-state index contributed by atoms with van der Waals surface area (Å²) in [6, 6.07) is 26.8. The lowest BCUT2D eigenvalue weighted by Gasteiger charge is -2.15. The number of benzene rings is 4. The van der Waals surface area contributed by atoms with Gasteiger partial charge < -0.3 is 14.8 Å². The van der Waals surface area contributed by atoms with Gasteiger partial charge in [-0.15, -0.1) is 0 Å². The molecule has 156 valence electrons. The van der Waals surface area contributed by atoms with Gasteiger partial charge in [0.2, 0.25) is 0 Å². The van der Waals surface area contributed by atoms with Crippen LogP contribution in [0.5, 0.6) is 11.5 Å². The highest BCUT2D eigenvalue weighted by Crippen LogP contribution is 2.37. The Balaban J connectivity index is 1.58. The number of rotatable bonds is 7. The smallest absolute Gasteiger partial charge is 0.255 e. The SMILES string of the molecule is CCOc1c(Cl)cc(C(=O)Nc2ccc3ccccc3c2)cc1OCc1ccccc1. The number of hydrogen-bond acceptors (Lipinski definition) is 3. The molecule has 4 aromatic carbocycles. The zero-order valence-corrected chi connectivity index (χ0v) is 17.9. The Kier molecular flexibility index (Phi) is 6.39. The molecule has 0 bridgehead atoms. The number of ether oxygens (including phenoxy) is 2. The van der Waals surface area contributed by atoms with Crippen molar-refractivity contribution in [3.05, 3.63) is 101 Å². The van der Waals surface area contributed by atoms with Gasteiger partial charge in [0, 0.05) is 11.3 Å². The van der Waals surface area contributed by atoms with Gasteiger partial charge in [-0.25, -0.2) is 0 Å². The molecule has 0 aliphatic heterocycles. The summed E-state index contributed by atoms with van der Waals surface area (Å²) in [6.45, 7) is 2.65. The topological polar surface area (TPSA) is 47.6 Å². The van der Waals surface area contributed by atoms with Crippen molar-refractivity contribution in [2.24, 2.45) is 0 Å². The number of carbonyl (C=O) groups excluding carboxylic acids is 1. The number of hydrogen-bond donors (Lipinski definition) is 1. The lowest BCUT2D eigenvalue weighted by molar-refractivity contribution is 0.102. The Labute approximate surface area is 186 Å². The molecular weight excluding hydrogens is 410 g/mol. The fraction of sp³-hybridized carbons (Fsp3) is 0.115. The Hall–Kier alpha value is -3.50. The maximum Gasteiger partial charge on any atom is 0.255 e. The molecule has 0 saturated carbocycles. The Morgan fingerprint density at radius 2 is 1.61 bits per heavy atom. The van der Waals surface area contributed by atoms with Crippen LogP contribution in [-0.4, -0.2) is 12.5 Å². The Morgan fingerprint density at radius 3 is 2.39 bits per heavy atom. The maximum atomic E-state index is 12.9. The summed E-state index contributed by atoms with van der Waals surface area (Å²) in [7, 11) is 0. The van der Waals surface area contributed by atoms with Crippen molar-refractivity contribution >= 4 is 34.0 Å². The second-order valence-electron chi connectivity index (χ2n) is 7.01. The largest absolute Gasteiger partial charge is 0.488 e. The number of carbonyl (C=O) groups is 1. The first-order valence-corrected chi connectivity index (χ1v) is 10.4. The summed E-state index contributed by atoms with van der Waals surface area (Å²) < 4.78 is 11.6. The van der Waals surface area contributed by atoms with Crippen LogP contribution < -0.4 is 14.8 Å². The molecule has 4 aromatic rings. The monoisotopic (exact) mass is 431 g/mol. The van der Waals surface area contributed by atoms with Crippen LogP contribution in [0.4, 0.5) is 5.69 Å². The van der Waals surface area contributed by atoms with Gasteiger partial charge >= 0.3 is 0 Å².